The average molecular weight is 354 g/mol. The number of amides is 1. The summed E-state index contributed by atoms with van der Waals surface area (Å²) in [6.45, 7) is 0. The van der Waals surface area contributed by atoms with Crippen LogP contribution in [-0.2, 0) is 4.79 Å². The number of hydrogen-bond donors (Lipinski definition) is 3. The summed E-state index contributed by atoms with van der Waals surface area (Å²) in [6, 6.07) is 0.247. The van der Waals surface area contributed by atoms with E-state index in [9.17, 15) is 9.59 Å². The van der Waals surface area contributed by atoms with Gasteiger partial charge in [0.2, 0.25) is 11.3 Å². The fourth-order valence-corrected chi connectivity index (χ4v) is 4.13. The van der Waals surface area contributed by atoms with Gasteiger partial charge in [-0.05, 0) is 53.4 Å². The lowest BCUT2D eigenvalue weighted by Crippen LogP contribution is -2.48. The monoisotopic (exact) mass is 353 g/mol. The summed E-state index contributed by atoms with van der Waals surface area (Å²) in [4.78, 5) is 27.2. The third kappa shape index (κ3) is 2.92. The number of H-pyrrole nitrogens is 1. The number of hydrogen-bond acceptors (Lipinski definition) is 3. The van der Waals surface area contributed by atoms with Crippen molar-refractivity contribution in [3.63, 3.8) is 0 Å². The van der Waals surface area contributed by atoms with Crippen molar-refractivity contribution in [3.05, 3.63) is 27.1 Å². The number of fused-ring (bicyclic) bond motifs is 2. The largest absolute Gasteiger partial charge is 0.365 e. The van der Waals surface area contributed by atoms with Crippen LogP contribution in [0.1, 0.15) is 32.1 Å². The van der Waals surface area contributed by atoms with Crippen LogP contribution in [-0.4, -0.2) is 16.9 Å². The molecule has 1 amide bonds. The van der Waals surface area contributed by atoms with E-state index in [4.69, 9.17) is 5.73 Å². The van der Waals surface area contributed by atoms with Gasteiger partial charge in [0.25, 0.3) is 0 Å². The number of halogens is 1. The molecule has 2 unspecified atom stereocenters. The summed E-state index contributed by atoms with van der Waals surface area (Å²) in [6.07, 6.45) is 8.24. The highest BCUT2D eigenvalue weighted by atomic mass is 79.9. The number of nitrogens with one attached hydrogen (secondary N) is 2. The Labute approximate surface area is 131 Å². The van der Waals surface area contributed by atoms with E-state index in [-0.39, 0.29) is 23.3 Å². The van der Waals surface area contributed by atoms with Crippen molar-refractivity contribution in [2.24, 2.45) is 23.5 Å². The highest BCUT2D eigenvalue weighted by molar-refractivity contribution is 9.10. The molecule has 1 aromatic heterocycles. The van der Waals surface area contributed by atoms with E-state index < -0.39 is 0 Å². The predicted molar refractivity (Wildman–Crippen MR) is 84.9 cm³/mol. The molecule has 2 bridgehead atoms. The highest BCUT2D eigenvalue weighted by Gasteiger charge is 2.40. The molecule has 2 aliphatic carbocycles. The minimum absolute atomic E-state index is 0.0292. The Kier molecular flexibility index (Phi) is 4.17. The van der Waals surface area contributed by atoms with Gasteiger partial charge in [-0.15, -0.1) is 0 Å². The third-order valence-electron chi connectivity index (χ3n) is 4.94. The smallest absolute Gasteiger partial charge is 0.227 e. The van der Waals surface area contributed by atoms with Gasteiger partial charge in [-0.1, -0.05) is 6.42 Å². The van der Waals surface area contributed by atoms with Gasteiger partial charge in [0.1, 0.15) is 5.69 Å². The Morgan fingerprint density at radius 3 is 2.62 bits per heavy atom. The van der Waals surface area contributed by atoms with E-state index in [0.29, 0.717) is 22.0 Å². The minimum atomic E-state index is -0.199. The molecule has 6 heteroatoms. The topological polar surface area (TPSA) is 88.0 Å². The van der Waals surface area contributed by atoms with Crippen molar-refractivity contribution in [2.45, 2.75) is 38.1 Å². The van der Waals surface area contributed by atoms with E-state index in [0.717, 1.165) is 25.7 Å². The van der Waals surface area contributed by atoms with E-state index in [1.165, 1.54) is 12.6 Å². The second-order valence-electron chi connectivity index (χ2n) is 6.23. The fraction of sp³-hybridized carbons (Fsp3) is 0.600. The number of nitrogens with two attached hydrogens (primary N) is 1. The zero-order valence-corrected chi connectivity index (χ0v) is 13.4. The Balaban J connectivity index is 1.71. The van der Waals surface area contributed by atoms with E-state index in [2.05, 4.69) is 26.2 Å². The number of aromatic amines is 1. The second-order valence-corrected chi connectivity index (χ2v) is 7.09. The molecule has 3 rings (SSSR count). The number of carbonyl (C=O) groups excluding carboxylic acids is 1. The SMILES string of the molecule is NC1C2CCCC1CC(C(=O)Nc1c[nH]cc(Br)c1=O)C2. The minimum Gasteiger partial charge on any atom is -0.365 e. The molecule has 2 atom stereocenters. The van der Waals surface area contributed by atoms with Crippen molar-refractivity contribution >= 4 is 27.5 Å². The number of carbonyl (C=O) groups is 1. The summed E-state index contributed by atoms with van der Waals surface area (Å²) in [7, 11) is 0. The molecule has 2 aliphatic rings. The van der Waals surface area contributed by atoms with E-state index in [1.54, 1.807) is 6.20 Å². The number of rotatable bonds is 2. The van der Waals surface area contributed by atoms with Crippen molar-refractivity contribution in [1.82, 2.24) is 4.98 Å². The molecule has 114 valence electrons. The van der Waals surface area contributed by atoms with Gasteiger partial charge < -0.3 is 16.0 Å². The molecule has 0 saturated heterocycles. The maximum absolute atomic E-state index is 12.4. The zero-order chi connectivity index (χ0) is 15.0. The maximum atomic E-state index is 12.4. The Morgan fingerprint density at radius 1 is 1.29 bits per heavy atom. The van der Waals surface area contributed by atoms with Gasteiger partial charge in [0.15, 0.2) is 0 Å². The standard InChI is InChI=1S/C15H20BrN3O2/c16-11-6-18-7-12(14(11)20)19-15(21)10-4-8-2-1-3-9(5-10)13(8)17/h6-10,13H,1-5,17H2,(H,18,20)(H,19,21). The van der Waals surface area contributed by atoms with Gasteiger partial charge >= 0.3 is 0 Å². The van der Waals surface area contributed by atoms with Crippen molar-refractivity contribution in [3.8, 4) is 0 Å². The van der Waals surface area contributed by atoms with E-state index >= 15 is 0 Å². The maximum Gasteiger partial charge on any atom is 0.227 e. The van der Waals surface area contributed by atoms with Crippen LogP contribution in [0.15, 0.2) is 21.7 Å². The fourth-order valence-electron chi connectivity index (χ4n) is 3.79. The van der Waals surface area contributed by atoms with E-state index in [1.807, 2.05) is 0 Å². The van der Waals surface area contributed by atoms with Crippen LogP contribution in [0.2, 0.25) is 0 Å². The number of anilines is 1. The molecular formula is C15H20BrN3O2. The summed E-state index contributed by atoms with van der Waals surface area (Å²) < 4.78 is 0.419. The molecule has 21 heavy (non-hydrogen) atoms. The van der Waals surface area contributed by atoms with Crippen LogP contribution in [0.5, 0.6) is 0 Å². The second kappa shape index (κ2) is 5.93. The highest BCUT2D eigenvalue weighted by Crippen LogP contribution is 2.42. The van der Waals surface area contributed by atoms with Gasteiger partial charge in [-0.25, -0.2) is 0 Å². The molecule has 0 spiro atoms. The lowest BCUT2D eigenvalue weighted by molar-refractivity contribution is -0.122. The zero-order valence-electron chi connectivity index (χ0n) is 11.8. The van der Waals surface area contributed by atoms with Crippen molar-refractivity contribution in [2.75, 3.05) is 5.32 Å². The number of aromatic nitrogens is 1. The molecule has 4 N–H and O–H groups in total. The molecule has 2 saturated carbocycles. The Morgan fingerprint density at radius 2 is 1.95 bits per heavy atom. The third-order valence-corrected chi connectivity index (χ3v) is 5.53. The van der Waals surface area contributed by atoms with Crippen LogP contribution in [0, 0.1) is 17.8 Å². The van der Waals surface area contributed by atoms with Crippen molar-refractivity contribution < 1.29 is 4.79 Å². The lowest BCUT2D eigenvalue weighted by Gasteiger charge is -2.43. The lowest BCUT2D eigenvalue weighted by atomic mass is 9.65. The summed E-state index contributed by atoms with van der Waals surface area (Å²) in [5, 5.41) is 2.77. The molecule has 2 fully saturated rings. The first-order valence-corrected chi connectivity index (χ1v) is 8.28. The van der Waals surface area contributed by atoms with Gasteiger partial charge in [0.05, 0.1) is 4.47 Å². The Hall–Kier alpha value is -1.14. The van der Waals surface area contributed by atoms with Gasteiger partial charge in [0, 0.05) is 24.4 Å². The molecule has 5 nitrogen and oxygen atoms in total. The molecular weight excluding hydrogens is 334 g/mol. The predicted octanol–water partition coefficient (Wildman–Crippen LogP) is 2.23. The van der Waals surface area contributed by atoms with Crippen LogP contribution in [0.4, 0.5) is 5.69 Å². The first-order chi connectivity index (χ1) is 10.1. The molecule has 0 radical (unpaired) electrons. The molecule has 0 aromatic carbocycles. The van der Waals surface area contributed by atoms with Crippen LogP contribution >= 0.6 is 15.9 Å². The van der Waals surface area contributed by atoms with Gasteiger partial charge in [-0.2, -0.15) is 0 Å². The molecule has 1 heterocycles. The summed E-state index contributed by atoms with van der Waals surface area (Å²) >= 11 is 3.17. The summed E-state index contributed by atoms with van der Waals surface area (Å²) in [5.74, 6) is 0.823. The number of pyridine rings is 1. The van der Waals surface area contributed by atoms with Crippen LogP contribution in [0.3, 0.4) is 0 Å². The average Bonchev–Trinajstić information content (AvgIpc) is 2.43. The summed E-state index contributed by atoms with van der Waals surface area (Å²) in [5.41, 5.74) is 6.35. The molecule has 1 aromatic rings. The quantitative estimate of drug-likeness (QED) is 0.761. The molecule has 0 aliphatic heterocycles. The van der Waals surface area contributed by atoms with Crippen molar-refractivity contribution in [1.29, 1.82) is 0 Å². The van der Waals surface area contributed by atoms with Crippen LogP contribution < -0.4 is 16.5 Å². The van der Waals surface area contributed by atoms with Gasteiger partial charge in [-0.3, -0.25) is 9.59 Å². The first-order valence-electron chi connectivity index (χ1n) is 7.49. The van der Waals surface area contributed by atoms with Crippen LogP contribution in [0.25, 0.3) is 0 Å². The normalized spacial score (nSPS) is 31.7. The Bertz CT molecular complexity index is 587. The first kappa shape index (κ1) is 14.8.